The molecule has 0 amide bonds. The van der Waals surface area contributed by atoms with Gasteiger partial charge in [-0.05, 0) is 76.0 Å². The zero-order valence-corrected chi connectivity index (χ0v) is 21.0. The topological polar surface area (TPSA) is 93.1 Å². The van der Waals surface area contributed by atoms with Gasteiger partial charge in [0.1, 0.15) is 0 Å². The van der Waals surface area contributed by atoms with Crippen LogP contribution < -0.4 is 0 Å². The zero-order chi connectivity index (χ0) is 24.4. The average Bonchev–Trinajstić information content (AvgIpc) is 2.84. The number of hydrogen-bond donors (Lipinski definition) is 2. The summed E-state index contributed by atoms with van der Waals surface area (Å²) < 4.78 is 10.9. The Morgan fingerprint density at radius 3 is 2.00 bits per heavy atom. The molecule has 0 bridgehead atoms. The van der Waals surface area contributed by atoms with E-state index in [-0.39, 0.29) is 31.3 Å². The van der Waals surface area contributed by atoms with Crippen LogP contribution in [0.1, 0.15) is 85.0 Å². The van der Waals surface area contributed by atoms with Crippen molar-refractivity contribution in [2.24, 2.45) is 35.0 Å². The molecule has 2 saturated carbocycles. The van der Waals surface area contributed by atoms with E-state index in [0.717, 1.165) is 30.6 Å². The van der Waals surface area contributed by atoms with Crippen molar-refractivity contribution in [1.82, 2.24) is 0 Å². The molecule has 190 valence electrons. The second-order valence-corrected chi connectivity index (χ2v) is 11.0. The first-order valence-electron chi connectivity index (χ1n) is 13.0. The normalized spacial score (nSPS) is 26.9. The number of rotatable bonds is 12. The summed E-state index contributed by atoms with van der Waals surface area (Å²) in [5.41, 5.74) is -0.935. The first kappa shape index (κ1) is 27.8. The predicted molar refractivity (Wildman–Crippen MR) is 128 cm³/mol. The highest BCUT2D eigenvalue weighted by Crippen LogP contribution is 2.43. The molecule has 2 rings (SSSR count). The standard InChI is InChI=1S/C27H46O6/c1-5-6-20-7-9-21(10-8-20)22-11-13-23(14-12-22)24(16-32-25(30)19(2)15-28)17-33-26(31)27(3,4)18-29/h20-24,28-29H,2,5-18H2,1,3-4H3. The van der Waals surface area contributed by atoms with Crippen molar-refractivity contribution in [3.05, 3.63) is 12.2 Å². The molecule has 0 spiro atoms. The van der Waals surface area contributed by atoms with Gasteiger partial charge >= 0.3 is 11.9 Å². The third kappa shape index (κ3) is 8.40. The molecule has 33 heavy (non-hydrogen) atoms. The Kier molecular flexibility index (Phi) is 11.4. The molecule has 0 aromatic heterocycles. The molecule has 2 fully saturated rings. The average molecular weight is 467 g/mol. The van der Waals surface area contributed by atoms with E-state index in [1.807, 2.05) is 0 Å². The monoisotopic (exact) mass is 466 g/mol. The highest BCUT2D eigenvalue weighted by molar-refractivity contribution is 5.87. The van der Waals surface area contributed by atoms with E-state index < -0.39 is 24.0 Å². The molecule has 0 saturated heterocycles. The van der Waals surface area contributed by atoms with Crippen molar-refractivity contribution in [3.8, 4) is 0 Å². The highest BCUT2D eigenvalue weighted by Gasteiger charge is 2.35. The van der Waals surface area contributed by atoms with Crippen LogP contribution >= 0.6 is 0 Å². The molecule has 2 aliphatic carbocycles. The number of ether oxygens (including phenoxy) is 2. The minimum atomic E-state index is -0.958. The summed E-state index contributed by atoms with van der Waals surface area (Å²) in [5.74, 6) is 1.70. The number of esters is 2. The van der Waals surface area contributed by atoms with Crippen molar-refractivity contribution in [1.29, 1.82) is 0 Å². The molecule has 0 aromatic carbocycles. The Morgan fingerprint density at radius 1 is 0.939 bits per heavy atom. The number of aliphatic hydroxyl groups is 2. The lowest BCUT2D eigenvalue weighted by atomic mass is 9.67. The molecule has 0 aliphatic heterocycles. The fourth-order valence-corrected chi connectivity index (χ4v) is 5.56. The van der Waals surface area contributed by atoms with Gasteiger partial charge in [-0.2, -0.15) is 0 Å². The van der Waals surface area contributed by atoms with Crippen molar-refractivity contribution < 1.29 is 29.3 Å². The predicted octanol–water partition coefficient (Wildman–Crippen LogP) is 4.67. The quantitative estimate of drug-likeness (QED) is 0.321. The summed E-state index contributed by atoms with van der Waals surface area (Å²) in [6.45, 7) is 8.69. The van der Waals surface area contributed by atoms with Crippen LogP contribution in [0.4, 0.5) is 0 Å². The van der Waals surface area contributed by atoms with Gasteiger partial charge in [-0.3, -0.25) is 4.79 Å². The van der Waals surface area contributed by atoms with Gasteiger partial charge in [0.2, 0.25) is 0 Å². The maximum absolute atomic E-state index is 12.4. The van der Waals surface area contributed by atoms with Gasteiger partial charge < -0.3 is 19.7 Å². The van der Waals surface area contributed by atoms with Crippen LogP contribution in [-0.4, -0.2) is 48.6 Å². The van der Waals surface area contributed by atoms with Crippen LogP contribution in [-0.2, 0) is 19.1 Å². The minimum absolute atomic E-state index is 0.0227. The van der Waals surface area contributed by atoms with Crippen LogP contribution in [0, 0.1) is 35.0 Å². The van der Waals surface area contributed by atoms with Crippen molar-refractivity contribution in [2.45, 2.75) is 85.0 Å². The van der Waals surface area contributed by atoms with Gasteiger partial charge in [-0.25, -0.2) is 4.79 Å². The summed E-state index contributed by atoms with van der Waals surface area (Å²) in [4.78, 5) is 24.4. The summed E-state index contributed by atoms with van der Waals surface area (Å²) in [5, 5.41) is 18.6. The fraction of sp³-hybridized carbons (Fsp3) is 0.852. The van der Waals surface area contributed by atoms with Crippen molar-refractivity contribution in [2.75, 3.05) is 26.4 Å². The molecule has 6 nitrogen and oxygen atoms in total. The first-order valence-corrected chi connectivity index (χ1v) is 13.0. The molecule has 2 N–H and O–H groups in total. The second kappa shape index (κ2) is 13.5. The first-order chi connectivity index (χ1) is 15.7. The van der Waals surface area contributed by atoms with E-state index in [2.05, 4.69) is 13.5 Å². The number of carbonyl (C=O) groups excluding carboxylic acids is 2. The van der Waals surface area contributed by atoms with Crippen LogP contribution in [0.3, 0.4) is 0 Å². The number of aliphatic hydroxyl groups excluding tert-OH is 2. The molecule has 1 atom stereocenters. The Morgan fingerprint density at radius 2 is 1.48 bits per heavy atom. The molecule has 6 heteroatoms. The fourth-order valence-electron chi connectivity index (χ4n) is 5.56. The lowest BCUT2D eigenvalue weighted by Gasteiger charge is -2.39. The van der Waals surface area contributed by atoms with Gasteiger partial charge in [-0.1, -0.05) is 39.2 Å². The largest absolute Gasteiger partial charge is 0.465 e. The number of carbonyl (C=O) groups is 2. The van der Waals surface area contributed by atoms with Gasteiger partial charge in [0.05, 0.1) is 37.4 Å². The lowest BCUT2D eigenvalue weighted by molar-refractivity contribution is -0.159. The number of hydrogen-bond acceptors (Lipinski definition) is 6. The third-order valence-electron chi connectivity index (χ3n) is 8.02. The molecule has 0 aromatic rings. The summed E-state index contributed by atoms with van der Waals surface area (Å²) >= 11 is 0. The van der Waals surface area contributed by atoms with Gasteiger partial charge in [0.25, 0.3) is 0 Å². The van der Waals surface area contributed by atoms with E-state index in [0.29, 0.717) is 5.92 Å². The Labute approximate surface area is 200 Å². The van der Waals surface area contributed by atoms with Crippen LogP contribution in [0.15, 0.2) is 12.2 Å². The Hall–Kier alpha value is -1.40. The maximum atomic E-state index is 12.4. The molecular formula is C27H46O6. The van der Waals surface area contributed by atoms with E-state index in [4.69, 9.17) is 14.6 Å². The SMILES string of the molecule is C=C(CO)C(=O)OCC(COC(=O)C(C)(C)CO)C1CCC(C2CCC(CCC)CC2)CC1. The van der Waals surface area contributed by atoms with Gasteiger partial charge in [0, 0.05) is 5.92 Å². The van der Waals surface area contributed by atoms with Gasteiger partial charge in [-0.15, -0.1) is 0 Å². The van der Waals surface area contributed by atoms with E-state index >= 15 is 0 Å². The molecule has 0 heterocycles. The van der Waals surface area contributed by atoms with Crippen molar-refractivity contribution >= 4 is 11.9 Å². The van der Waals surface area contributed by atoms with Crippen LogP contribution in [0.5, 0.6) is 0 Å². The van der Waals surface area contributed by atoms with Crippen molar-refractivity contribution in [3.63, 3.8) is 0 Å². The summed E-state index contributed by atoms with van der Waals surface area (Å²) in [6.07, 6.45) is 12.6. The lowest BCUT2D eigenvalue weighted by Crippen LogP contribution is -2.36. The molecular weight excluding hydrogens is 420 g/mol. The van der Waals surface area contributed by atoms with Gasteiger partial charge in [0.15, 0.2) is 0 Å². The third-order valence-corrected chi connectivity index (χ3v) is 8.02. The van der Waals surface area contributed by atoms with E-state index in [9.17, 15) is 14.7 Å². The summed E-state index contributed by atoms with van der Waals surface area (Å²) in [6, 6.07) is 0. The van der Waals surface area contributed by atoms with E-state index in [1.54, 1.807) is 13.8 Å². The Bertz CT molecular complexity index is 627. The highest BCUT2D eigenvalue weighted by atomic mass is 16.5. The molecule has 1 unspecified atom stereocenters. The smallest absolute Gasteiger partial charge is 0.335 e. The molecule has 2 aliphatic rings. The summed E-state index contributed by atoms with van der Waals surface area (Å²) in [7, 11) is 0. The zero-order valence-electron chi connectivity index (χ0n) is 21.0. The minimum Gasteiger partial charge on any atom is -0.465 e. The van der Waals surface area contributed by atoms with Crippen LogP contribution in [0.25, 0.3) is 0 Å². The second-order valence-electron chi connectivity index (χ2n) is 11.0. The van der Waals surface area contributed by atoms with Crippen LogP contribution in [0.2, 0.25) is 0 Å². The van der Waals surface area contributed by atoms with E-state index in [1.165, 1.54) is 51.4 Å². The molecule has 0 radical (unpaired) electrons. The maximum Gasteiger partial charge on any atom is 0.335 e. The Balaban J connectivity index is 1.91.